The molecule has 1 N–H and O–H groups in total. The topological polar surface area (TPSA) is 42.0 Å². The number of amides is 1. The van der Waals surface area contributed by atoms with Crippen LogP contribution in [0.25, 0.3) is 0 Å². The van der Waals surface area contributed by atoms with Gasteiger partial charge in [-0.15, -0.1) is 6.58 Å². The fourth-order valence-corrected chi connectivity index (χ4v) is 1.32. The van der Waals surface area contributed by atoms with Gasteiger partial charge in [-0.25, -0.2) is 4.98 Å². The van der Waals surface area contributed by atoms with Crippen molar-refractivity contribution in [2.24, 2.45) is 0 Å². The fraction of sp³-hybridized carbons (Fsp3) is 0.200. The van der Waals surface area contributed by atoms with Crippen LogP contribution in [0.1, 0.15) is 17.4 Å². The first-order valence-corrected chi connectivity index (χ1v) is 4.98. The van der Waals surface area contributed by atoms with E-state index in [1.807, 2.05) is 6.92 Å². The van der Waals surface area contributed by atoms with Crippen LogP contribution in [0.2, 0.25) is 0 Å². The van der Waals surface area contributed by atoms with E-state index in [0.29, 0.717) is 10.2 Å². The maximum absolute atomic E-state index is 11.6. The summed E-state index contributed by atoms with van der Waals surface area (Å²) in [4.78, 5) is 15.6. The number of hydrogen-bond donors (Lipinski definition) is 1. The standard InChI is InChI=1S/C10H11BrN2O/c1-3-7(2)13-10(14)9-8(11)5-4-6-12-9/h3-7H,1H2,2H3,(H,13,14)/t7-/m0/s1. The molecule has 0 bridgehead atoms. The highest BCUT2D eigenvalue weighted by molar-refractivity contribution is 9.10. The fourth-order valence-electron chi connectivity index (χ4n) is 0.887. The molecule has 0 aliphatic rings. The predicted octanol–water partition coefficient (Wildman–Crippen LogP) is 2.15. The Morgan fingerprint density at radius 3 is 3.07 bits per heavy atom. The molecular weight excluding hydrogens is 244 g/mol. The number of pyridine rings is 1. The number of carbonyl (C=O) groups excluding carboxylic acids is 1. The van der Waals surface area contributed by atoms with Gasteiger partial charge in [0.05, 0.1) is 0 Å². The number of aromatic nitrogens is 1. The van der Waals surface area contributed by atoms with E-state index in [4.69, 9.17) is 0 Å². The van der Waals surface area contributed by atoms with Crippen LogP contribution in [0.4, 0.5) is 0 Å². The van der Waals surface area contributed by atoms with Crippen LogP contribution >= 0.6 is 15.9 Å². The molecule has 0 spiro atoms. The molecule has 74 valence electrons. The van der Waals surface area contributed by atoms with Crippen LogP contribution in [0, 0.1) is 0 Å². The van der Waals surface area contributed by atoms with Crippen LogP contribution in [0.15, 0.2) is 35.5 Å². The highest BCUT2D eigenvalue weighted by Gasteiger charge is 2.11. The Balaban J connectivity index is 2.80. The van der Waals surface area contributed by atoms with E-state index in [9.17, 15) is 4.79 Å². The van der Waals surface area contributed by atoms with E-state index in [2.05, 4.69) is 32.8 Å². The number of carbonyl (C=O) groups is 1. The molecule has 1 aromatic rings. The summed E-state index contributed by atoms with van der Waals surface area (Å²) in [5, 5.41) is 2.74. The smallest absolute Gasteiger partial charge is 0.271 e. The van der Waals surface area contributed by atoms with E-state index < -0.39 is 0 Å². The Morgan fingerprint density at radius 2 is 2.50 bits per heavy atom. The minimum Gasteiger partial charge on any atom is -0.345 e. The molecule has 0 fully saturated rings. The summed E-state index contributed by atoms with van der Waals surface area (Å²) in [5.41, 5.74) is 0.390. The van der Waals surface area contributed by atoms with Gasteiger partial charge in [0.15, 0.2) is 0 Å². The molecule has 0 saturated carbocycles. The van der Waals surface area contributed by atoms with E-state index in [0.717, 1.165) is 0 Å². The van der Waals surface area contributed by atoms with E-state index >= 15 is 0 Å². The molecule has 1 rings (SSSR count). The highest BCUT2D eigenvalue weighted by atomic mass is 79.9. The van der Waals surface area contributed by atoms with Crippen molar-refractivity contribution in [1.29, 1.82) is 0 Å². The van der Waals surface area contributed by atoms with Gasteiger partial charge in [0, 0.05) is 16.7 Å². The van der Waals surface area contributed by atoms with Gasteiger partial charge in [-0.2, -0.15) is 0 Å². The Hall–Kier alpha value is -1.16. The van der Waals surface area contributed by atoms with E-state index in [1.165, 1.54) is 0 Å². The number of halogens is 1. The quantitative estimate of drug-likeness (QED) is 0.841. The van der Waals surface area contributed by atoms with Crippen molar-refractivity contribution in [2.45, 2.75) is 13.0 Å². The molecule has 1 aromatic heterocycles. The number of nitrogens with one attached hydrogen (secondary N) is 1. The van der Waals surface area contributed by atoms with Crippen molar-refractivity contribution in [3.05, 3.63) is 41.2 Å². The Morgan fingerprint density at radius 1 is 1.79 bits per heavy atom. The Bertz CT molecular complexity index is 352. The second-order valence-corrected chi connectivity index (χ2v) is 3.69. The predicted molar refractivity (Wildman–Crippen MR) is 59.1 cm³/mol. The van der Waals surface area contributed by atoms with Crippen LogP contribution in [-0.2, 0) is 0 Å². The van der Waals surface area contributed by atoms with Crippen LogP contribution in [0.5, 0.6) is 0 Å². The molecule has 0 unspecified atom stereocenters. The molecule has 4 heteroatoms. The minimum atomic E-state index is -0.204. The summed E-state index contributed by atoms with van der Waals surface area (Å²) >= 11 is 3.26. The van der Waals surface area contributed by atoms with Gasteiger partial charge in [-0.1, -0.05) is 6.08 Å². The van der Waals surface area contributed by atoms with Gasteiger partial charge in [0.1, 0.15) is 5.69 Å². The zero-order valence-electron chi connectivity index (χ0n) is 7.83. The molecule has 14 heavy (non-hydrogen) atoms. The summed E-state index contributed by atoms with van der Waals surface area (Å²) in [7, 11) is 0. The van der Waals surface area contributed by atoms with Gasteiger partial charge in [0.25, 0.3) is 5.91 Å². The lowest BCUT2D eigenvalue weighted by Crippen LogP contribution is -2.31. The van der Waals surface area contributed by atoms with Crippen molar-refractivity contribution < 1.29 is 4.79 Å². The lowest BCUT2D eigenvalue weighted by atomic mass is 10.3. The van der Waals surface area contributed by atoms with Gasteiger partial charge >= 0.3 is 0 Å². The monoisotopic (exact) mass is 254 g/mol. The first-order valence-electron chi connectivity index (χ1n) is 4.19. The molecule has 0 radical (unpaired) electrons. The van der Waals surface area contributed by atoms with Crippen molar-refractivity contribution in [2.75, 3.05) is 0 Å². The summed E-state index contributed by atoms with van der Waals surface area (Å²) in [6.07, 6.45) is 3.24. The number of nitrogens with zero attached hydrogens (tertiary/aromatic N) is 1. The third-order valence-electron chi connectivity index (χ3n) is 1.69. The van der Waals surface area contributed by atoms with Gasteiger partial charge in [-0.3, -0.25) is 4.79 Å². The summed E-state index contributed by atoms with van der Waals surface area (Å²) in [6, 6.07) is 3.48. The zero-order chi connectivity index (χ0) is 10.6. The first kappa shape index (κ1) is 10.9. The van der Waals surface area contributed by atoms with Crippen molar-refractivity contribution in [3.63, 3.8) is 0 Å². The van der Waals surface area contributed by atoms with Crippen LogP contribution < -0.4 is 5.32 Å². The number of rotatable bonds is 3. The number of hydrogen-bond acceptors (Lipinski definition) is 2. The SMILES string of the molecule is C=C[C@H](C)NC(=O)c1ncccc1Br. The lowest BCUT2D eigenvalue weighted by Gasteiger charge is -2.09. The van der Waals surface area contributed by atoms with Gasteiger partial charge in [0.2, 0.25) is 0 Å². The molecular formula is C10H11BrN2O. The average Bonchev–Trinajstić information content (AvgIpc) is 2.18. The van der Waals surface area contributed by atoms with Crippen LogP contribution in [-0.4, -0.2) is 16.9 Å². The summed E-state index contributed by atoms with van der Waals surface area (Å²) < 4.78 is 0.689. The minimum absolute atomic E-state index is 0.0589. The largest absolute Gasteiger partial charge is 0.345 e. The normalized spacial score (nSPS) is 11.9. The molecule has 1 amide bonds. The van der Waals surface area contributed by atoms with Crippen molar-refractivity contribution in [1.82, 2.24) is 10.3 Å². The summed E-state index contributed by atoms with van der Waals surface area (Å²) in [5.74, 6) is -0.204. The maximum Gasteiger partial charge on any atom is 0.271 e. The van der Waals surface area contributed by atoms with Crippen molar-refractivity contribution in [3.8, 4) is 0 Å². The Labute approximate surface area is 91.4 Å². The first-order chi connectivity index (χ1) is 6.65. The molecule has 3 nitrogen and oxygen atoms in total. The molecule has 0 aliphatic heterocycles. The maximum atomic E-state index is 11.6. The molecule has 1 atom stereocenters. The second kappa shape index (κ2) is 4.91. The van der Waals surface area contributed by atoms with Gasteiger partial charge < -0.3 is 5.32 Å². The Kier molecular flexibility index (Phi) is 3.83. The molecule has 0 aliphatic carbocycles. The van der Waals surface area contributed by atoms with E-state index in [1.54, 1.807) is 24.4 Å². The lowest BCUT2D eigenvalue weighted by molar-refractivity contribution is 0.0941. The molecule has 0 saturated heterocycles. The van der Waals surface area contributed by atoms with Crippen LogP contribution in [0.3, 0.4) is 0 Å². The van der Waals surface area contributed by atoms with E-state index in [-0.39, 0.29) is 11.9 Å². The van der Waals surface area contributed by atoms with Gasteiger partial charge in [-0.05, 0) is 35.0 Å². The molecule has 0 aromatic carbocycles. The zero-order valence-corrected chi connectivity index (χ0v) is 9.41. The second-order valence-electron chi connectivity index (χ2n) is 2.83. The molecule has 1 heterocycles. The third-order valence-corrected chi connectivity index (χ3v) is 2.33. The van der Waals surface area contributed by atoms with Crippen molar-refractivity contribution >= 4 is 21.8 Å². The highest BCUT2D eigenvalue weighted by Crippen LogP contribution is 2.12. The average molecular weight is 255 g/mol. The summed E-state index contributed by atoms with van der Waals surface area (Å²) in [6.45, 7) is 5.43. The third kappa shape index (κ3) is 2.67.